The van der Waals surface area contributed by atoms with Gasteiger partial charge in [-0.2, -0.15) is 11.3 Å². The van der Waals surface area contributed by atoms with Gasteiger partial charge in [0.1, 0.15) is 0 Å². The molecule has 1 aliphatic rings. The number of nitrogens with zero attached hydrogens (tertiary/aromatic N) is 1. The second kappa shape index (κ2) is 6.82. The van der Waals surface area contributed by atoms with E-state index in [2.05, 4.69) is 27.0 Å². The molecule has 2 atom stereocenters. The number of halogens is 1. The van der Waals surface area contributed by atoms with Crippen molar-refractivity contribution in [2.45, 2.75) is 31.8 Å². The Morgan fingerprint density at radius 1 is 1.41 bits per heavy atom. The fourth-order valence-corrected chi connectivity index (χ4v) is 3.92. The molecule has 5 heteroatoms. The monoisotopic (exact) mass is 334 g/mol. The zero-order valence-electron chi connectivity index (χ0n) is 12.5. The summed E-state index contributed by atoms with van der Waals surface area (Å²) in [5.41, 5.74) is 1.99. The van der Waals surface area contributed by atoms with Gasteiger partial charge in [-0.05, 0) is 60.8 Å². The van der Waals surface area contributed by atoms with Gasteiger partial charge in [0.25, 0.3) is 0 Å². The minimum atomic E-state index is -0.177. The van der Waals surface area contributed by atoms with E-state index >= 15 is 0 Å². The number of para-hydroxylation sites is 1. The minimum Gasteiger partial charge on any atom is -0.323 e. The molecular weight excluding hydrogens is 316 g/mol. The van der Waals surface area contributed by atoms with Crippen LogP contribution in [0.1, 0.15) is 31.4 Å². The van der Waals surface area contributed by atoms with Crippen LogP contribution in [0.4, 0.5) is 5.69 Å². The molecule has 0 bridgehead atoms. The SMILES string of the molecule is C[C@H](C(=O)Nc1ccccc1Cl)N1CCC[C@H]1c1ccsc1. The number of amides is 1. The van der Waals surface area contributed by atoms with Crippen molar-refractivity contribution in [2.24, 2.45) is 0 Å². The maximum absolute atomic E-state index is 12.6. The highest BCUT2D eigenvalue weighted by molar-refractivity contribution is 7.07. The van der Waals surface area contributed by atoms with Crippen LogP contribution in [0.25, 0.3) is 0 Å². The molecule has 3 rings (SSSR count). The number of thiophene rings is 1. The van der Waals surface area contributed by atoms with Gasteiger partial charge in [0.05, 0.1) is 16.8 Å². The van der Waals surface area contributed by atoms with E-state index in [0.717, 1.165) is 19.4 Å². The summed E-state index contributed by atoms with van der Waals surface area (Å²) in [5, 5.41) is 7.79. The molecule has 1 N–H and O–H groups in total. The maximum Gasteiger partial charge on any atom is 0.241 e. The number of carbonyl (C=O) groups is 1. The fourth-order valence-electron chi connectivity index (χ4n) is 3.03. The quantitative estimate of drug-likeness (QED) is 0.888. The van der Waals surface area contributed by atoms with Crippen LogP contribution in [0.5, 0.6) is 0 Å². The van der Waals surface area contributed by atoms with Gasteiger partial charge in [-0.25, -0.2) is 0 Å². The molecule has 2 aromatic rings. The largest absolute Gasteiger partial charge is 0.323 e. The molecule has 1 saturated heterocycles. The molecule has 2 heterocycles. The third-order valence-corrected chi connectivity index (χ3v) is 5.26. The molecule has 3 nitrogen and oxygen atoms in total. The predicted octanol–water partition coefficient (Wildman–Crippen LogP) is 4.57. The molecular formula is C17H19ClN2OS. The van der Waals surface area contributed by atoms with Crippen LogP contribution in [0.3, 0.4) is 0 Å². The van der Waals surface area contributed by atoms with Crippen molar-refractivity contribution in [3.8, 4) is 0 Å². The normalized spacial score (nSPS) is 20.0. The number of likely N-dealkylation sites (tertiary alicyclic amines) is 1. The summed E-state index contributed by atoms with van der Waals surface area (Å²) < 4.78 is 0. The number of benzene rings is 1. The number of hydrogen-bond donors (Lipinski definition) is 1. The van der Waals surface area contributed by atoms with E-state index in [1.807, 2.05) is 25.1 Å². The molecule has 1 aromatic carbocycles. The Labute approximate surface area is 139 Å². The van der Waals surface area contributed by atoms with Crippen LogP contribution >= 0.6 is 22.9 Å². The van der Waals surface area contributed by atoms with E-state index < -0.39 is 0 Å². The van der Waals surface area contributed by atoms with Crippen molar-refractivity contribution in [3.05, 3.63) is 51.7 Å². The van der Waals surface area contributed by atoms with Crippen LogP contribution < -0.4 is 5.32 Å². The predicted molar refractivity (Wildman–Crippen MR) is 92.5 cm³/mol. The van der Waals surface area contributed by atoms with Crippen molar-refractivity contribution < 1.29 is 4.79 Å². The lowest BCUT2D eigenvalue weighted by Crippen LogP contribution is -2.41. The summed E-state index contributed by atoms with van der Waals surface area (Å²) in [6.45, 7) is 2.93. The van der Waals surface area contributed by atoms with E-state index in [1.165, 1.54) is 5.56 Å². The van der Waals surface area contributed by atoms with Crippen molar-refractivity contribution in [2.75, 3.05) is 11.9 Å². The molecule has 22 heavy (non-hydrogen) atoms. The molecule has 1 aromatic heterocycles. The van der Waals surface area contributed by atoms with Crippen molar-refractivity contribution in [1.82, 2.24) is 4.90 Å². The lowest BCUT2D eigenvalue weighted by atomic mass is 10.1. The zero-order valence-corrected chi connectivity index (χ0v) is 14.0. The summed E-state index contributed by atoms with van der Waals surface area (Å²) in [7, 11) is 0. The van der Waals surface area contributed by atoms with Gasteiger partial charge in [-0.15, -0.1) is 0 Å². The highest BCUT2D eigenvalue weighted by atomic mass is 35.5. The average molecular weight is 335 g/mol. The zero-order chi connectivity index (χ0) is 15.5. The van der Waals surface area contributed by atoms with Crippen LogP contribution in [-0.2, 0) is 4.79 Å². The van der Waals surface area contributed by atoms with Crippen LogP contribution in [0, 0.1) is 0 Å². The highest BCUT2D eigenvalue weighted by Crippen LogP contribution is 2.35. The van der Waals surface area contributed by atoms with Crippen LogP contribution in [0.2, 0.25) is 5.02 Å². The Balaban J connectivity index is 1.71. The summed E-state index contributed by atoms with van der Waals surface area (Å²) in [6, 6.07) is 9.66. The molecule has 0 radical (unpaired) electrons. The van der Waals surface area contributed by atoms with Crippen molar-refractivity contribution in [3.63, 3.8) is 0 Å². The Morgan fingerprint density at radius 3 is 2.95 bits per heavy atom. The molecule has 0 aliphatic carbocycles. The van der Waals surface area contributed by atoms with Gasteiger partial charge in [-0.1, -0.05) is 23.7 Å². The third-order valence-electron chi connectivity index (χ3n) is 4.23. The minimum absolute atomic E-state index is 0.00442. The van der Waals surface area contributed by atoms with E-state index in [-0.39, 0.29) is 11.9 Å². The van der Waals surface area contributed by atoms with E-state index in [4.69, 9.17) is 11.6 Å². The van der Waals surface area contributed by atoms with E-state index in [0.29, 0.717) is 16.8 Å². The molecule has 0 spiro atoms. The van der Waals surface area contributed by atoms with Gasteiger partial charge < -0.3 is 5.32 Å². The van der Waals surface area contributed by atoms with Crippen LogP contribution in [-0.4, -0.2) is 23.4 Å². The van der Waals surface area contributed by atoms with E-state index in [1.54, 1.807) is 17.4 Å². The second-order valence-electron chi connectivity index (χ2n) is 5.60. The van der Waals surface area contributed by atoms with Gasteiger partial charge in [0, 0.05) is 6.04 Å². The Bertz CT molecular complexity index is 644. The van der Waals surface area contributed by atoms with Crippen molar-refractivity contribution in [1.29, 1.82) is 0 Å². The highest BCUT2D eigenvalue weighted by Gasteiger charge is 2.33. The molecule has 1 fully saturated rings. The second-order valence-corrected chi connectivity index (χ2v) is 6.78. The lowest BCUT2D eigenvalue weighted by molar-refractivity contribution is -0.121. The molecule has 116 valence electrons. The first-order chi connectivity index (χ1) is 10.7. The molecule has 0 unspecified atom stereocenters. The standard InChI is InChI=1S/C17H19ClN2OS/c1-12(17(21)19-15-6-3-2-5-14(15)18)20-9-4-7-16(20)13-8-10-22-11-13/h2-3,5-6,8,10-12,16H,4,7,9H2,1H3,(H,19,21)/t12-,16+/m1/s1. The van der Waals surface area contributed by atoms with Gasteiger partial charge in [0.2, 0.25) is 5.91 Å². The Hall–Kier alpha value is -1.36. The van der Waals surface area contributed by atoms with Gasteiger partial charge >= 0.3 is 0 Å². The number of nitrogens with one attached hydrogen (secondary N) is 1. The van der Waals surface area contributed by atoms with Gasteiger partial charge in [0.15, 0.2) is 0 Å². The third kappa shape index (κ3) is 3.19. The smallest absolute Gasteiger partial charge is 0.241 e. The topological polar surface area (TPSA) is 32.3 Å². The van der Waals surface area contributed by atoms with E-state index in [9.17, 15) is 4.79 Å². The summed E-state index contributed by atoms with van der Waals surface area (Å²) in [5.74, 6) is -0.00442. The molecule has 0 saturated carbocycles. The first-order valence-electron chi connectivity index (χ1n) is 7.50. The summed E-state index contributed by atoms with van der Waals surface area (Å²) >= 11 is 7.82. The number of hydrogen-bond acceptors (Lipinski definition) is 3. The fraction of sp³-hybridized carbons (Fsp3) is 0.353. The molecule has 1 amide bonds. The summed E-state index contributed by atoms with van der Waals surface area (Å²) in [4.78, 5) is 14.8. The number of anilines is 1. The van der Waals surface area contributed by atoms with Crippen LogP contribution in [0.15, 0.2) is 41.1 Å². The van der Waals surface area contributed by atoms with Gasteiger partial charge in [-0.3, -0.25) is 9.69 Å². The first-order valence-corrected chi connectivity index (χ1v) is 8.82. The number of rotatable bonds is 4. The first kappa shape index (κ1) is 15.5. The lowest BCUT2D eigenvalue weighted by Gasteiger charge is -2.29. The van der Waals surface area contributed by atoms with Crippen molar-refractivity contribution >= 4 is 34.5 Å². The Morgan fingerprint density at radius 2 is 2.23 bits per heavy atom. The average Bonchev–Trinajstić information content (AvgIpc) is 3.19. The summed E-state index contributed by atoms with van der Waals surface area (Å²) in [6.07, 6.45) is 2.24. The maximum atomic E-state index is 12.6. The number of carbonyl (C=O) groups excluding carboxylic acids is 1. The molecule has 1 aliphatic heterocycles. The Kier molecular flexibility index (Phi) is 4.81.